The van der Waals surface area contributed by atoms with Crippen molar-refractivity contribution in [3.8, 4) is 5.88 Å². The highest BCUT2D eigenvalue weighted by Crippen LogP contribution is 2.31. The van der Waals surface area contributed by atoms with Crippen LogP contribution in [0.1, 0.15) is 39.2 Å². The van der Waals surface area contributed by atoms with Gasteiger partial charge in [0.25, 0.3) is 0 Å². The van der Waals surface area contributed by atoms with Crippen LogP contribution in [0.15, 0.2) is 23.3 Å². The normalized spacial score (nSPS) is 20.4. The Morgan fingerprint density at radius 1 is 1.42 bits per heavy atom. The summed E-state index contributed by atoms with van der Waals surface area (Å²) < 4.78 is 11.1. The van der Waals surface area contributed by atoms with Gasteiger partial charge in [-0.1, -0.05) is 6.07 Å². The second kappa shape index (κ2) is 10.3. The van der Waals surface area contributed by atoms with Gasteiger partial charge in [-0.05, 0) is 39.2 Å². The van der Waals surface area contributed by atoms with Gasteiger partial charge in [-0.15, -0.1) is 0 Å². The zero-order valence-corrected chi connectivity index (χ0v) is 16.1. The van der Waals surface area contributed by atoms with Crippen LogP contribution in [0.3, 0.4) is 0 Å². The van der Waals surface area contributed by atoms with E-state index in [1.807, 2.05) is 32.9 Å². The lowest BCUT2D eigenvalue weighted by molar-refractivity contribution is 0.127. The molecule has 2 rings (SSSR count). The average Bonchev–Trinajstić information content (AvgIpc) is 3.07. The maximum Gasteiger partial charge on any atom is 0.213 e. The quantitative estimate of drug-likeness (QED) is 0.457. The first-order valence-corrected chi connectivity index (χ1v) is 9.39. The Morgan fingerprint density at radius 2 is 2.27 bits per heavy atom. The van der Waals surface area contributed by atoms with Crippen LogP contribution in [0, 0.1) is 5.41 Å². The van der Waals surface area contributed by atoms with Gasteiger partial charge < -0.3 is 25.2 Å². The minimum atomic E-state index is -0.0116. The number of hydrogen-bond donors (Lipinski definition) is 3. The van der Waals surface area contributed by atoms with Crippen molar-refractivity contribution in [1.82, 2.24) is 15.6 Å². The molecule has 1 atom stereocenters. The molecule has 7 heteroatoms. The molecule has 1 aliphatic heterocycles. The van der Waals surface area contributed by atoms with Crippen molar-refractivity contribution in [3.05, 3.63) is 23.9 Å². The molecular weight excluding hydrogens is 332 g/mol. The standard InChI is InChI=1S/C19H32N4O3/c1-4-20-18(23-13-19(7-9-24)8-10-25-14-19)22-12-16-5-6-17(21-11-16)26-15(2)3/h5-6,11,15,24H,4,7-10,12-14H2,1-3H3,(H2,20,22,23). The van der Waals surface area contributed by atoms with Crippen LogP contribution in [0.2, 0.25) is 0 Å². The molecule has 1 aromatic heterocycles. The molecule has 3 N–H and O–H groups in total. The lowest BCUT2D eigenvalue weighted by Gasteiger charge is -2.27. The van der Waals surface area contributed by atoms with E-state index in [9.17, 15) is 5.11 Å². The van der Waals surface area contributed by atoms with Crippen molar-refractivity contribution in [3.63, 3.8) is 0 Å². The highest BCUT2D eigenvalue weighted by molar-refractivity contribution is 5.79. The number of aliphatic hydroxyl groups excluding tert-OH is 1. The van der Waals surface area contributed by atoms with E-state index in [-0.39, 0.29) is 18.1 Å². The first-order chi connectivity index (χ1) is 12.6. The first-order valence-electron chi connectivity index (χ1n) is 9.39. The summed E-state index contributed by atoms with van der Waals surface area (Å²) in [7, 11) is 0. The molecule has 1 fully saturated rings. The van der Waals surface area contributed by atoms with Gasteiger partial charge in [0.1, 0.15) is 0 Å². The van der Waals surface area contributed by atoms with E-state index in [1.165, 1.54) is 0 Å². The SMILES string of the molecule is CCNC(=NCc1ccc(OC(C)C)nc1)NCC1(CCO)CCOC1. The third-order valence-electron chi connectivity index (χ3n) is 4.38. The lowest BCUT2D eigenvalue weighted by Crippen LogP contribution is -2.44. The maximum atomic E-state index is 9.34. The second-order valence-corrected chi connectivity index (χ2v) is 7.00. The molecule has 0 bridgehead atoms. The summed E-state index contributed by atoms with van der Waals surface area (Å²) in [5.74, 6) is 1.39. The summed E-state index contributed by atoms with van der Waals surface area (Å²) >= 11 is 0. The van der Waals surface area contributed by atoms with Gasteiger partial charge in [0, 0.05) is 44.0 Å². The predicted molar refractivity (Wildman–Crippen MR) is 102 cm³/mol. The van der Waals surface area contributed by atoms with Gasteiger partial charge in [0.15, 0.2) is 5.96 Å². The molecular formula is C19H32N4O3. The Morgan fingerprint density at radius 3 is 2.85 bits per heavy atom. The smallest absolute Gasteiger partial charge is 0.213 e. The number of aliphatic imine (C=N–C) groups is 1. The fourth-order valence-corrected chi connectivity index (χ4v) is 2.91. The fraction of sp³-hybridized carbons (Fsp3) is 0.684. The summed E-state index contributed by atoms with van der Waals surface area (Å²) in [5.41, 5.74) is 1.01. The number of aromatic nitrogens is 1. The third-order valence-corrected chi connectivity index (χ3v) is 4.38. The highest BCUT2D eigenvalue weighted by atomic mass is 16.5. The fourth-order valence-electron chi connectivity index (χ4n) is 2.91. The number of nitrogens with one attached hydrogen (secondary N) is 2. The molecule has 7 nitrogen and oxygen atoms in total. The van der Waals surface area contributed by atoms with E-state index in [0.717, 1.165) is 44.1 Å². The van der Waals surface area contributed by atoms with Gasteiger partial charge in [-0.25, -0.2) is 9.98 Å². The zero-order chi connectivity index (χ0) is 18.8. The molecule has 1 aliphatic rings. The molecule has 0 radical (unpaired) electrons. The molecule has 0 amide bonds. The van der Waals surface area contributed by atoms with Crippen LogP contribution in [-0.4, -0.2) is 55.1 Å². The number of pyridine rings is 1. The number of guanidine groups is 1. The van der Waals surface area contributed by atoms with E-state index in [1.54, 1.807) is 6.20 Å². The van der Waals surface area contributed by atoms with E-state index < -0.39 is 0 Å². The molecule has 146 valence electrons. The molecule has 26 heavy (non-hydrogen) atoms. The third kappa shape index (κ3) is 6.46. The summed E-state index contributed by atoms with van der Waals surface area (Å²) in [6.07, 6.45) is 3.60. The van der Waals surface area contributed by atoms with Crippen LogP contribution in [-0.2, 0) is 11.3 Å². The number of hydrogen-bond acceptors (Lipinski definition) is 5. The van der Waals surface area contributed by atoms with Crippen molar-refractivity contribution in [1.29, 1.82) is 0 Å². The molecule has 1 saturated heterocycles. The maximum absolute atomic E-state index is 9.34. The van der Waals surface area contributed by atoms with Crippen molar-refractivity contribution < 1.29 is 14.6 Å². The van der Waals surface area contributed by atoms with Crippen molar-refractivity contribution in [2.75, 3.05) is 32.9 Å². The van der Waals surface area contributed by atoms with E-state index in [4.69, 9.17) is 9.47 Å². The number of nitrogens with zero attached hydrogens (tertiary/aromatic N) is 2. The van der Waals surface area contributed by atoms with Crippen LogP contribution >= 0.6 is 0 Å². The summed E-state index contributed by atoms with van der Waals surface area (Å²) in [4.78, 5) is 8.95. The van der Waals surface area contributed by atoms with E-state index >= 15 is 0 Å². The monoisotopic (exact) mass is 364 g/mol. The number of aliphatic hydroxyl groups is 1. The number of rotatable bonds is 9. The molecule has 0 aromatic carbocycles. The van der Waals surface area contributed by atoms with Crippen molar-refractivity contribution in [2.45, 2.75) is 46.3 Å². The van der Waals surface area contributed by atoms with E-state index in [2.05, 4.69) is 20.6 Å². The van der Waals surface area contributed by atoms with Gasteiger partial charge in [0.05, 0.1) is 19.3 Å². The minimum absolute atomic E-state index is 0.0116. The summed E-state index contributed by atoms with van der Waals surface area (Å²) in [6.45, 7) is 9.67. The van der Waals surface area contributed by atoms with Crippen molar-refractivity contribution in [2.24, 2.45) is 10.4 Å². The molecule has 1 unspecified atom stereocenters. The predicted octanol–water partition coefficient (Wildman–Crippen LogP) is 1.71. The van der Waals surface area contributed by atoms with Crippen LogP contribution in [0.25, 0.3) is 0 Å². The summed E-state index contributed by atoms with van der Waals surface area (Å²) in [6, 6.07) is 3.85. The molecule has 2 heterocycles. The topological polar surface area (TPSA) is 88.0 Å². The second-order valence-electron chi connectivity index (χ2n) is 7.00. The lowest BCUT2D eigenvalue weighted by atomic mass is 9.84. The Kier molecular flexibility index (Phi) is 8.12. The largest absolute Gasteiger partial charge is 0.475 e. The first kappa shape index (κ1) is 20.5. The van der Waals surface area contributed by atoms with Crippen LogP contribution < -0.4 is 15.4 Å². The van der Waals surface area contributed by atoms with Crippen LogP contribution in [0.4, 0.5) is 0 Å². The summed E-state index contributed by atoms with van der Waals surface area (Å²) in [5, 5.41) is 16.0. The van der Waals surface area contributed by atoms with Crippen molar-refractivity contribution >= 4 is 5.96 Å². The van der Waals surface area contributed by atoms with Gasteiger partial charge in [-0.2, -0.15) is 0 Å². The molecule has 0 saturated carbocycles. The van der Waals surface area contributed by atoms with Gasteiger partial charge in [0.2, 0.25) is 5.88 Å². The average molecular weight is 364 g/mol. The molecule has 1 aromatic rings. The Hall–Kier alpha value is -1.86. The minimum Gasteiger partial charge on any atom is -0.475 e. The Bertz CT molecular complexity index is 554. The van der Waals surface area contributed by atoms with Crippen LogP contribution in [0.5, 0.6) is 5.88 Å². The highest BCUT2D eigenvalue weighted by Gasteiger charge is 2.34. The van der Waals surface area contributed by atoms with Gasteiger partial charge in [-0.3, -0.25) is 0 Å². The Balaban J connectivity index is 1.93. The Labute approximate surface area is 156 Å². The number of ether oxygens (including phenoxy) is 2. The van der Waals surface area contributed by atoms with E-state index in [0.29, 0.717) is 19.0 Å². The molecule has 0 spiro atoms. The molecule has 0 aliphatic carbocycles. The van der Waals surface area contributed by atoms with Gasteiger partial charge >= 0.3 is 0 Å². The zero-order valence-electron chi connectivity index (χ0n) is 16.1.